The van der Waals surface area contributed by atoms with Crippen LogP contribution in [0.2, 0.25) is 0 Å². The van der Waals surface area contributed by atoms with Gasteiger partial charge < -0.3 is 9.47 Å². The highest BCUT2D eigenvalue weighted by Gasteiger charge is 2.17. The lowest BCUT2D eigenvalue weighted by Gasteiger charge is -2.21. The van der Waals surface area contributed by atoms with E-state index in [-0.39, 0.29) is 6.61 Å². The number of hydrogen-bond donors (Lipinski definition) is 0. The van der Waals surface area contributed by atoms with Crippen LogP contribution in [0, 0.1) is 5.92 Å². The van der Waals surface area contributed by atoms with Gasteiger partial charge in [0.05, 0.1) is 6.61 Å². The summed E-state index contributed by atoms with van der Waals surface area (Å²) in [5.74, 6) is -0.963. The van der Waals surface area contributed by atoms with Crippen molar-refractivity contribution in [1.82, 2.24) is 0 Å². The second-order valence-electron chi connectivity index (χ2n) is 6.20. The molecule has 0 atom stereocenters. The van der Waals surface area contributed by atoms with Gasteiger partial charge in [0.2, 0.25) is 0 Å². The van der Waals surface area contributed by atoms with Crippen LogP contribution in [-0.2, 0) is 25.7 Å². The summed E-state index contributed by atoms with van der Waals surface area (Å²) in [7, 11) is 0. The first-order chi connectivity index (χ1) is 11.3. The molecule has 0 unspecified atom stereocenters. The molecule has 0 N–H and O–H groups in total. The summed E-state index contributed by atoms with van der Waals surface area (Å²) in [4.78, 5) is 23.1. The Morgan fingerprint density at radius 3 is 2.35 bits per heavy atom. The standard InChI is InChI=1S/C19H26O4/c20-18(19(21)23-15-17-12-5-2-6-13-17)22-14-8-7-11-16-9-3-1-4-10-16/h2,5-6,12-13,16H,1,3-4,7-11,14-15H2. The SMILES string of the molecule is O=C(OCCCCC1CCCCC1)C(=O)OCc1ccccc1. The van der Waals surface area contributed by atoms with Crippen molar-refractivity contribution in [2.24, 2.45) is 5.92 Å². The third-order valence-corrected chi connectivity index (χ3v) is 4.34. The van der Waals surface area contributed by atoms with E-state index in [0.717, 1.165) is 24.3 Å². The van der Waals surface area contributed by atoms with Crippen LogP contribution in [0.5, 0.6) is 0 Å². The molecule has 1 aromatic carbocycles. The number of esters is 2. The van der Waals surface area contributed by atoms with Gasteiger partial charge in [0.15, 0.2) is 0 Å². The molecule has 1 saturated carbocycles. The first kappa shape index (κ1) is 17.5. The topological polar surface area (TPSA) is 52.6 Å². The second-order valence-corrected chi connectivity index (χ2v) is 6.20. The van der Waals surface area contributed by atoms with Crippen LogP contribution in [-0.4, -0.2) is 18.5 Å². The Morgan fingerprint density at radius 1 is 0.913 bits per heavy atom. The molecule has 126 valence electrons. The van der Waals surface area contributed by atoms with Gasteiger partial charge in [-0.1, -0.05) is 68.9 Å². The molecule has 0 bridgehead atoms. The third-order valence-electron chi connectivity index (χ3n) is 4.34. The van der Waals surface area contributed by atoms with Crippen molar-refractivity contribution < 1.29 is 19.1 Å². The van der Waals surface area contributed by atoms with E-state index in [1.165, 1.54) is 38.5 Å². The van der Waals surface area contributed by atoms with E-state index in [4.69, 9.17) is 9.47 Å². The average molecular weight is 318 g/mol. The molecule has 1 aliphatic rings. The van der Waals surface area contributed by atoms with Crippen LogP contribution < -0.4 is 0 Å². The van der Waals surface area contributed by atoms with Crippen molar-refractivity contribution in [3.63, 3.8) is 0 Å². The first-order valence-electron chi connectivity index (χ1n) is 8.63. The minimum Gasteiger partial charge on any atom is -0.457 e. The smallest absolute Gasteiger partial charge is 0.417 e. The van der Waals surface area contributed by atoms with Gasteiger partial charge in [0.25, 0.3) is 0 Å². The summed E-state index contributed by atoms with van der Waals surface area (Å²) < 4.78 is 9.90. The van der Waals surface area contributed by atoms with Crippen LogP contribution in [0.3, 0.4) is 0 Å². The molecule has 0 saturated heterocycles. The molecule has 1 fully saturated rings. The molecule has 1 aromatic rings. The summed E-state index contributed by atoms with van der Waals surface area (Å²) in [6.07, 6.45) is 9.83. The van der Waals surface area contributed by atoms with Crippen molar-refractivity contribution in [3.8, 4) is 0 Å². The lowest BCUT2D eigenvalue weighted by atomic mass is 9.86. The fraction of sp³-hybridized carbons (Fsp3) is 0.579. The number of benzene rings is 1. The molecule has 0 amide bonds. The van der Waals surface area contributed by atoms with E-state index in [2.05, 4.69) is 0 Å². The Labute approximate surface area is 138 Å². The van der Waals surface area contributed by atoms with Gasteiger partial charge >= 0.3 is 11.9 Å². The van der Waals surface area contributed by atoms with Crippen molar-refractivity contribution in [2.75, 3.05) is 6.61 Å². The molecule has 0 aliphatic heterocycles. The maximum atomic E-state index is 11.5. The van der Waals surface area contributed by atoms with Crippen LogP contribution >= 0.6 is 0 Å². The summed E-state index contributed by atoms with van der Waals surface area (Å²) >= 11 is 0. The largest absolute Gasteiger partial charge is 0.457 e. The Morgan fingerprint density at radius 2 is 1.61 bits per heavy atom. The predicted octanol–water partition coefficient (Wildman–Crippen LogP) is 4.02. The van der Waals surface area contributed by atoms with Gasteiger partial charge in [-0.05, 0) is 24.3 Å². The lowest BCUT2D eigenvalue weighted by Crippen LogP contribution is -2.20. The van der Waals surface area contributed by atoms with Crippen molar-refractivity contribution >= 4 is 11.9 Å². The van der Waals surface area contributed by atoms with Crippen LogP contribution in [0.4, 0.5) is 0 Å². The van der Waals surface area contributed by atoms with Crippen LogP contribution in [0.25, 0.3) is 0 Å². The van der Waals surface area contributed by atoms with E-state index >= 15 is 0 Å². The molecule has 2 rings (SSSR count). The van der Waals surface area contributed by atoms with Crippen LogP contribution in [0.1, 0.15) is 56.9 Å². The molecule has 23 heavy (non-hydrogen) atoms. The van der Waals surface area contributed by atoms with Crippen LogP contribution in [0.15, 0.2) is 30.3 Å². The minimum atomic E-state index is -0.916. The number of carbonyl (C=O) groups is 2. The van der Waals surface area contributed by atoms with Crippen molar-refractivity contribution in [3.05, 3.63) is 35.9 Å². The van der Waals surface area contributed by atoms with E-state index in [1.54, 1.807) is 0 Å². The van der Waals surface area contributed by atoms with E-state index in [0.29, 0.717) is 6.61 Å². The highest BCUT2D eigenvalue weighted by molar-refractivity contribution is 6.29. The molecule has 4 heteroatoms. The zero-order valence-corrected chi connectivity index (χ0v) is 13.7. The van der Waals surface area contributed by atoms with Crippen molar-refractivity contribution in [2.45, 2.75) is 58.0 Å². The average Bonchev–Trinajstić information content (AvgIpc) is 2.61. The zero-order chi connectivity index (χ0) is 16.3. The summed E-state index contributed by atoms with van der Waals surface area (Å²) in [5, 5.41) is 0. The molecule has 0 spiro atoms. The van der Waals surface area contributed by atoms with E-state index in [9.17, 15) is 9.59 Å². The second kappa shape index (κ2) is 10.0. The Hall–Kier alpha value is -1.84. The fourth-order valence-electron chi connectivity index (χ4n) is 3.02. The Kier molecular flexibility index (Phi) is 7.64. The third kappa shape index (κ3) is 6.85. The van der Waals surface area contributed by atoms with Gasteiger partial charge in [-0.3, -0.25) is 0 Å². The fourth-order valence-corrected chi connectivity index (χ4v) is 3.02. The highest BCUT2D eigenvalue weighted by atomic mass is 16.6. The molecule has 0 heterocycles. The number of rotatable bonds is 7. The molecule has 4 nitrogen and oxygen atoms in total. The van der Waals surface area contributed by atoms with E-state index < -0.39 is 11.9 Å². The van der Waals surface area contributed by atoms with E-state index in [1.807, 2.05) is 30.3 Å². The Bertz CT molecular complexity index is 477. The lowest BCUT2D eigenvalue weighted by molar-refractivity contribution is -0.168. The van der Waals surface area contributed by atoms with Gasteiger partial charge in [-0.2, -0.15) is 0 Å². The number of hydrogen-bond acceptors (Lipinski definition) is 4. The van der Waals surface area contributed by atoms with Gasteiger partial charge in [0.1, 0.15) is 6.61 Å². The number of ether oxygens (including phenoxy) is 2. The molecule has 1 aliphatic carbocycles. The maximum Gasteiger partial charge on any atom is 0.417 e. The van der Waals surface area contributed by atoms with Gasteiger partial charge in [0, 0.05) is 0 Å². The zero-order valence-electron chi connectivity index (χ0n) is 13.7. The molecular weight excluding hydrogens is 292 g/mol. The normalized spacial score (nSPS) is 15.1. The number of carbonyl (C=O) groups excluding carboxylic acids is 2. The number of unbranched alkanes of at least 4 members (excludes halogenated alkanes) is 1. The summed E-state index contributed by atoms with van der Waals surface area (Å²) in [5.41, 5.74) is 0.848. The maximum absolute atomic E-state index is 11.5. The molecule has 0 radical (unpaired) electrons. The summed E-state index contributed by atoms with van der Waals surface area (Å²) in [6, 6.07) is 9.27. The van der Waals surface area contributed by atoms with Gasteiger partial charge in [-0.15, -0.1) is 0 Å². The van der Waals surface area contributed by atoms with Crippen molar-refractivity contribution in [1.29, 1.82) is 0 Å². The Balaban J connectivity index is 1.52. The quantitative estimate of drug-likeness (QED) is 0.433. The first-order valence-corrected chi connectivity index (χ1v) is 8.63. The molecular formula is C19H26O4. The monoisotopic (exact) mass is 318 g/mol. The predicted molar refractivity (Wildman–Crippen MR) is 87.6 cm³/mol. The molecule has 0 aromatic heterocycles. The summed E-state index contributed by atoms with van der Waals surface area (Å²) in [6.45, 7) is 0.391. The minimum absolute atomic E-state index is 0.0937. The van der Waals surface area contributed by atoms with Gasteiger partial charge in [-0.25, -0.2) is 9.59 Å². The highest BCUT2D eigenvalue weighted by Crippen LogP contribution is 2.27.